The van der Waals surface area contributed by atoms with Crippen LogP contribution in [0.25, 0.3) is 10.9 Å². The van der Waals surface area contributed by atoms with Crippen molar-refractivity contribution in [2.45, 2.75) is 12.5 Å². The normalized spacial score (nSPS) is 21.9. The molecule has 0 radical (unpaired) electrons. The van der Waals surface area contributed by atoms with Crippen molar-refractivity contribution in [1.29, 1.82) is 0 Å². The van der Waals surface area contributed by atoms with E-state index in [1.165, 1.54) is 10.9 Å². The molecule has 1 atom stereocenters. The first-order valence-corrected chi connectivity index (χ1v) is 6.60. The monoisotopic (exact) mass is 241 g/mol. The van der Waals surface area contributed by atoms with Crippen LogP contribution in [0.1, 0.15) is 18.0 Å². The molecule has 1 aromatic heterocycles. The van der Waals surface area contributed by atoms with E-state index >= 15 is 0 Å². The van der Waals surface area contributed by atoms with Gasteiger partial charge in [0.15, 0.2) is 0 Å². The highest BCUT2D eigenvalue weighted by atomic mass is 15.1. The zero-order valence-corrected chi connectivity index (χ0v) is 10.8. The molecule has 94 valence electrons. The number of aromatic nitrogens is 1. The first kappa shape index (κ1) is 11.6. The average molecular weight is 241 g/mol. The highest BCUT2D eigenvalue weighted by Gasteiger charge is 2.17. The summed E-state index contributed by atoms with van der Waals surface area (Å²) in [6, 6.07) is 11.0. The molecule has 0 saturated carbocycles. The maximum Gasteiger partial charge on any atom is 0.0705 e. The third kappa shape index (κ3) is 2.24. The molecule has 1 aliphatic heterocycles. The third-order valence-electron chi connectivity index (χ3n) is 3.74. The number of hydrogen-bond donors (Lipinski definition) is 1. The summed E-state index contributed by atoms with van der Waals surface area (Å²) in [4.78, 5) is 6.82. The Hall–Kier alpha value is -1.45. The summed E-state index contributed by atoms with van der Waals surface area (Å²) >= 11 is 0. The Bertz CT molecular complexity index is 533. The minimum atomic E-state index is 0.447. The van der Waals surface area contributed by atoms with Crippen LogP contribution in [0.5, 0.6) is 0 Å². The van der Waals surface area contributed by atoms with Crippen LogP contribution >= 0.6 is 0 Å². The van der Waals surface area contributed by atoms with Gasteiger partial charge in [0.05, 0.1) is 5.52 Å². The molecule has 2 heterocycles. The largest absolute Gasteiger partial charge is 0.309 e. The van der Waals surface area contributed by atoms with E-state index in [-0.39, 0.29) is 0 Å². The van der Waals surface area contributed by atoms with E-state index in [0.717, 1.165) is 31.6 Å². The van der Waals surface area contributed by atoms with Gasteiger partial charge in [-0.3, -0.25) is 4.98 Å². The zero-order chi connectivity index (χ0) is 12.4. The summed E-state index contributed by atoms with van der Waals surface area (Å²) < 4.78 is 0. The van der Waals surface area contributed by atoms with E-state index in [1.807, 2.05) is 12.3 Å². The second kappa shape index (κ2) is 5.04. The Morgan fingerprint density at radius 2 is 2.11 bits per heavy atom. The number of pyridine rings is 1. The molecule has 1 fully saturated rings. The van der Waals surface area contributed by atoms with E-state index < -0.39 is 0 Å². The lowest BCUT2D eigenvalue weighted by molar-refractivity contribution is 0.355. The standard InChI is InChI=1S/C15H19N3/c1-18-10-7-15(17-9-11-18)13-6-8-16-14-5-3-2-4-12(13)14/h2-6,8,15,17H,7,9-11H2,1H3. The van der Waals surface area contributed by atoms with Gasteiger partial charge in [-0.1, -0.05) is 18.2 Å². The topological polar surface area (TPSA) is 28.2 Å². The van der Waals surface area contributed by atoms with Crippen LogP contribution in [0, 0.1) is 0 Å². The van der Waals surface area contributed by atoms with Crippen LogP contribution < -0.4 is 5.32 Å². The molecule has 1 unspecified atom stereocenters. The molecule has 0 spiro atoms. The molecule has 2 aromatic rings. The predicted molar refractivity (Wildman–Crippen MR) is 74.6 cm³/mol. The lowest BCUT2D eigenvalue weighted by Crippen LogP contribution is -2.25. The SMILES string of the molecule is CN1CCNC(c2ccnc3ccccc23)CC1. The maximum absolute atomic E-state index is 4.44. The van der Waals surface area contributed by atoms with Crippen molar-refractivity contribution in [3.8, 4) is 0 Å². The molecule has 0 aliphatic carbocycles. The second-order valence-corrected chi connectivity index (χ2v) is 5.02. The Morgan fingerprint density at radius 1 is 1.22 bits per heavy atom. The highest BCUT2D eigenvalue weighted by molar-refractivity contribution is 5.82. The Kier molecular flexibility index (Phi) is 3.26. The minimum absolute atomic E-state index is 0.447. The van der Waals surface area contributed by atoms with Crippen molar-refractivity contribution in [1.82, 2.24) is 15.2 Å². The summed E-state index contributed by atoms with van der Waals surface area (Å²) in [5, 5.41) is 4.93. The number of nitrogens with zero attached hydrogens (tertiary/aromatic N) is 2. The highest BCUT2D eigenvalue weighted by Crippen LogP contribution is 2.25. The minimum Gasteiger partial charge on any atom is -0.309 e. The lowest BCUT2D eigenvalue weighted by Gasteiger charge is -2.18. The number of likely N-dealkylation sites (N-methyl/N-ethyl adjacent to an activating group) is 1. The molecular weight excluding hydrogens is 222 g/mol. The van der Waals surface area contributed by atoms with Crippen molar-refractivity contribution in [2.24, 2.45) is 0 Å². The van der Waals surface area contributed by atoms with Crippen LogP contribution in [0.2, 0.25) is 0 Å². The van der Waals surface area contributed by atoms with Crippen molar-refractivity contribution in [3.05, 3.63) is 42.1 Å². The second-order valence-electron chi connectivity index (χ2n) is 5.02. The van der Waals surface area contributed by atoms with Crippen LogP contribution in [-0.2, 0) is 0 Å². The summed E-state index contributed by atoms with van der Waals surface area (Å²) in [5.41, 5.74) is 2.48. The Balaban J connectivity index is 1.98. The Morgan fingerprint density at radius 3 is 3.06 bits per heavy atom. The lowest BCUT2D eigenvalue weighted by atomic mass is 10.00. The van der Waals surface area contributed by atoms with E-state index in [9.17, 15) is 0 Å². The van der Waals surface area contributed by atoms with Crippen molar-refractivity contribution in [3.63, 3.8) is 0 Å². The van der Waals surface area contributed by atoms with E-state index in [4.69, 9.17) is 0 Å². The van der Waals surface area contributed by atoms with Gasteiger partial charge >= 0.3 is 0 Å². The van der Waals surface area contributed by atoms with E-state index in [2.05, 4.69) is 46.5 Å². The van der Waals surface area contributed by atoms with Crippen LogP contribution in [0.3, 0.4) is 0 Å². The molecule has 3 nitrogen and oxygen atoms in total. The molecule has 1 saturated heterocycles. The van der Waals surface area contributed by atoms with Crippen LogP contribution in [0.4, 0.5) is 0 Å². The van der Waals surface area contributed by atoms with Crippen molar-refractivity contribution < 1.29 is 0 Å². The summed E-state index contributed by atoms with van der Waals surface area (Å²) in [6.45, 7) is 3.33. The van der Waals surface area contributed by atoms with Gasteiger partial charge < -0.3 is 10.2 Å². The molecule has 3 rings (SSSR count). The summed E-state index contributed by atoms with van der Waals surface area (Å²) in [5.74, 6) is 0. The number of rotatable bonds is 1. The van der Waals surface area contributed by atoms with Gasteiger partial charge in [-0.15, -0.1) is 0 Å². The van der Waals surface area contributed by atoms with Gasteiger partial charge in [0, 0.05) is 30.7 Å². The molecular formula is C15H19N3. The summed E-state index contributed by atoms with van der Waals surface area (Å²) in [7, 11) is 2.19. The quantitative estimate of drug-likeness (QED) is 0.829. The molecule has 1 aromatic carbocycles. The molecule has 0 amide bonds. The first-order valence-electron chi connectivity index (χ1n) is 6.60. The molecule has 1 aliphatic rings. The zero-order valence-electron chi connectivity index (χ0n) is 10.8. The van der Waals surface area contributed by atoms with Gasteiger partial charge in [0.2, 0.25) is 0 Å². The molecule has 3 heteroatoms. The summed E-state index contributed by atoms with van der Waals surface area (Å²) in [6.07, 6.45) is 3.08. The van der Waals surface area contributed by atoms with E-state index in [1.54, 1.807) is 0 Å². The van der Waals surface area contributed by atoms with Crippen molar-refractivity contribution >= 4 is 10.9 Å². The smallest absolute Gasteiger partial charge is 0.0705 e. The van der Waals surface area contributed by atoms with Gasteiger partial charge in [0.25, 0.3) is 0 Å². The fourth-order valence-corrected chi connectivity index (χ4v) is 2.68. The van der Waals surface area contributed by atoms with Gasteiger partial charge in [-0.25, -0.2) is 0 Å². The number of benzene rings is 1. The number of para-hydroxylation sites is 1. The van der Waals surface area contributed by atoms with Crippen LogP contribution in [-0.4, -0.2) is 36.6 Å². The van der Waals surface area contributed by atoms with Gasteiger partial charge in [0.1, 0.15) is 0 Å². The fourth-order valence-electron chi connectivity index (χ4n) is 2.68. The molecule has 1 N–H and O–H groups in total. The maximum atomic E-state index is 4.44. The molecule has 18 heavy (non-hydrogen) atoms. The number of nitrogens with one attached hydrogen (secondary N) is 1. The third-order valence-corrected chi connectivity index (χ3v) is 3.74. The average Bonchev–Trinajstić information content (AvgIpc) is 2.63. The number of hydrogen-bond acceptors (Lipinski definition) is 3. The fraction of sp³-hybridized carbons (Fsp3) is 0.400. The Labute approximate surface area is 108 Å². The number of fused-ring (bicyclic) bond motifs is 1. The van der Waals surface area contributed by atoms with Crippen molar-refractivity contribution in [2.75, 3.05) is 26.7 Å². The van der Waals surface area contributed by atoms with Gasteiger partial charge in [-0.05, 0) is 37.7 Å². The van der Waals surface area contributed by atoms with Gasteiger partial charge in [-0.2, -0.15) is 0 Å². The van der Waals surface area contributed by atoms with Crippen LogP contribution in [0.15, 0.2) is 36.5 Å². The molecule has 0 bridgehead atoms. The predicted octanol–water partition coefficient (Wildman–Crippen LogP) is 2.20. The first-order chi connectivity index (χ1) is 8.84. The van der Waals surface area contributed by atoms with E-state index in [0.29, 0.717) is 6.04 Å².